The molecule has 1 amide bonds. The number of ether oxygens (including phenoxy) is 1. The Kier molecular flexibility index (Phi) is 6.16. The standard InChI is InChI=1S/C13H15BrN2O5/c1-21-11(17)5-4-10(13(19)20)16-12(18)8-3-2-7(14)6-9(8)15/h2-3,6,10H,4-5,15H2,1H3,(H,16,18)(H,19,20)/t10-/m0/s1. The average molecular weight is 359 g/mol. The summed E-state index contributed by atoms with van der Waals surface area (Å²) in [6, 6.07) is 3.45. The molecule has 1 atom stereocenters. The predicted molar refractivity (Wildman–Crippen MR) is 78.7 cm³/mol. The summed E-state index contributed by atoms with van der Waals surface area (Å²) < 4.78 is 5.14. The Morgan fingerprint density at radius 2 is 2.10 bits per heavy atom. The van der Waals surface area contributed by atoms with Crippen molar-refractivity contribution in [1.82, 2.24) is 5.32 Å². The molecule has 21 heavy (non-hydrogen) atoms. The lowest BCUT2D eigenvalue weighted by atomic mass is 10.1. The van der Waals surface area contributed by atoms with Crippen LogP contribution < -0.4 is 11.1 Å². The molecule has 0 saturated carbocycles. The topological polar surface area (TPSA) is 119 Å². The number of nitrogens with two attached hydrogens (primary N) is 1. The molecule has 1 rings (SSSR count). The van der Waals surface area contributed by atoms with E-state index in [1.165, 1.54) is 13.2 Å². The van der Waals surface area contributed by atoms with Crippen molar-refractivity contribution in [2.24, 2.45) is 0 Å². The second-order valence-electron chi connectivity index (χ2n) is 4.21. The van der Waals surface area contributed by atoms with E-state index in [1.54, 1.807) is 12.1 Å². The van der Waals surface area contributed by atoms with Gasteiger partial charge in [0.15, 0.2) is 0 Å². The zero-order valence-corrected chi connectivity index (χ0v) is 12.8. The Balaban J connectivity index is 2.76. The predicted octanol–water partition coefficient (Wildman–Crippen LogP) is 1.17. The summed E-state index contributed by atoms with van der Waals surface area (Å²) in [5.74, 6) is -2.39. The van der Waals surface area contributed by atoms with E-state index in [-0.39, 0.29) is 24.1 Å². The average Bonchev–Trinajstić information content (AvgIpc) is 2.42. The van der Waals surface area contributed by atoms with Crippen molar-refractivity contribution in [3.05, 3.63) is 28.2 Å². The Morgan fingerprint density at radius 1 is 1.43 bits per heavy atom. The van der Waals surface area contributed by atoms with Crippen molar-refractivity contribution in [2.75, 3.05) is 12.8 Å². The second kappa shape index (κ2) is 7.63. The number of halogens is 1. The van der Waals surface area contributed by atoms with Crippen LogP contribution in [-0.4, -0.2) is 36.1 Å². The van der Waals surface area contributed by atoms with Crippen LogP contribution in [-0.2, 0) is 14.3 Å². The normalized spacial score (nSPS) is 11.5. The molecule has 1 aromatic carbocycles. The summed E-state index contributed by atoms with van der Waals surface area (Å²) in [4.78, 5) is 34.2. The van der Waals surface area contributed by atoms with E-state index in [0.717, 1.165) is 0 Å². The number of anilines is 1. The number of carboxylic acid groups (broad SMARTS) is 1. The summed E-state index contributed by atoms with van der Waals surface area (Å²) in [7, 11) is 1.21. The molecule has 0 bridgehead atoms. The first-order valence-electron chi connectivity index (χ1n) is 6.00. The lowest BCUT2D eigenvalue weighted by molar-refractivity contribution is -0.142. The van der Waals surface area contributed by atoms with Crippen LogP contribution in [0.3, 0.4) is 0 Å². The molecule has 0 spiro atoms. The maximum Gasteiger partial charge on any atom is 0.326 e. The van der Waals surface area contributed by atoms with Crippen LogP contribution in [0.2, 0.25) is 0 Å². The fourth-order valence-corrected chi connectivity index (χ4v) is 1.98. The van der Waals surface area contributed by atoms with Gasteiger partial charge in [-0.15, -0.1) is 0 Å². The maximum absolute atomic E-state index is 12.0. The van der Waals surface area contributed by atoms with E-state index in [9.17, 15) is 14.4 Å². The molecule has 0 aliphatic rings. The Labute approximate surface area is 129 Å². The van der Waals surface area contributed by atoms with Gasteiger partial charge in [-0.2, -0.15) is 0 Å². The fraction of sp³-hybridized carbons (Fsp3) is 0.308. The molecule has 114 valence electrons. The van der Waals surface area contributed by atoms with Crippen molar-refractivity contribution in [2.45, 2.75) is 18.9 Å². The largest absolute Gasteiger partial charge is 0.480 e. The number of amides is 1. The van der Waals surface area contributed by atoms with Crippen molar-refractivity contribution < 1.29 is 24.2 Å². The molecule has 0 aromatic heterocycles. The third kappa shape index (κ3) is 5.07. The van der Waals surface area contributed by atoms with Crippen molar-refractivity contribution in [1.29, 1.82) is 0 Å². The van der Waals surface area contributed by atoms with Crippen molar-refractivity contribution in [3.8, 4) is 0 Å². The summed E-state index contributed by atoms with van der Waals surface area (Å²) in [6.45, 7) is 0. The van der Waals surface area contributed by atoms with Gasteiger partial charge in [0.25, 0.3) is 5.91 Å². The third-order valence-corrected chi connectivity index (χ3v) is 3.22. The summed E-state index contributed by atoms with van der Waals surface area (Å²) in [5.41, 5.74) is 6.10. The zero-order valence-electron chi connectivity index (χ0n) is 11.3. The van der Waals surface area contributed by atoms with E-state index in [1.807, 2.05) is 0 Å². The van der Waals surface area contributed by atoms with Gasteiger partial charge in [-0.25, -0.2) is 4.79 Å². The van der Waals surface area contributed by atoms with Gasteiger partial charge in [0, 0.05) is 16.6 Å². The molecule has 0 saturated heterocycles. The van der Waals surface area contributed by atoms with Crippen LogP contribution in [0, 0.1) is 0 Å². The zero-order chi connectivity index (χ0) is 16.0. The Hall–Kier alpha value is -2.09. The number of carbonyl (C=O) groups excluding carboxylic acids is 2. The number of methoxy groups -OCH3 is 1. The second-order valence-corrected chi connectivity index (χ2v) is 5.13. The maximum atomic E-state index is 12.0. The van der Waals surface area contributed by atoms with Gasteiger partial charge in [0.2, 0.25) is 0 Å². The molecular weight excluding hydrogens is 344 g/mol. The van der Waals surface area contributed by atoms with E-state index < -0.39 is 23.9 Å². The van der Waals surface area contributed by atoms with Gasteiger partial charge in [0.1, 0.15) is 6.04 Å². The first-order valence-corrected chi connectivity index (χ1v) is 6.80. The number of benzene rings is 1. The lowest BCUT2D eigenvalue weighted by Crippen LogP contribution is -2.41. The molecule has 4 N–H and O–H groups in total. The fourth-order valence-electron chi connectivity index (χ4n) is 1.60. The van der Waals surface area contributed by atoms with Gasteiger partial charge in [-0.3, -0.25) is 9.59 Å². The monoisotopic (exact) mass is 358 g/mol. The SMILES string of the molecule is COC(=O)CC[C@H](NC(=O)c1ccc(Br)cc1N)C(=O)O. The number of nitrogen functional groups attached to an aromatic ring is 1. The quantitative estimate of drug-likeness (QED) is 0.518. The van der Waals surface area contributed by atoms with Crippen molar-refractivity contribution in [3.63, 3.8) is 0 Å². The van der Waals surface area contributed by atoms with Gasteiger partial charge >= 0.3 is 11.9 Å². The molecular formula is C13H15BrN2O5. The molecule has 0 heterocycles. The summed E-state index contributed by atoms with van der Waals surface area (Å²) in [6.07, 6.45) is -0.173. The van der Waals surface area contributed by atoms with E-state index in [2.05, 4.69) is 26.0 Å². The smallest absolute Gasteiger partial charge is 0.326 e. The number of carboxylic acids is 1. The molecule has 8 heteroatoms. The highest BCUT2D eigenvalue weighted by atomic mass is 79.9. The van der Waals surface area contributed by atoms with E-state index >= 15 is 0 Å². The molecule has 0 aliphatic carbocycles. The van der Waals surface area contributed by atoms with Crippen LogP contribution >= 0.6 is 15.9 Å². The molecule has 0 fully saturated rings. The van der Waals surface area contributed by atoms with E-state index in [4.69, 9.17) is 10.8 Å². The van der Waals surface area contributed by atoms with Gasteiger partial charge in [-0.05, 0) is 24.6 Å². The highest BCUT2D eigenvalue weighted by Gasteiger charge is 2.22. The number of esters is 1. The van der Waals surface area contributed by atoms with Gasteiger partial charge < -0.3 is 20.9 Å². The number of hydrogen-bond acceptors (Lipinski definition) is 5. The molecule has 7 nitrogen and oxygen atoms in total. The highest BCUT2D eigenvalue weighted by Crippen LogP contribution is 2.18. The number of hydrogen-bond donors (Lipinski definition) is 3. The Bertz CT molecular complexity index is 561. The number of aliphatic carboxylic acids is 1. The minimum Gasteiger partial charge on any atom is -0.480 e. The summed E-state index contributed by atoms with van der Waals surface area (Å²) >= 11 is 3.21. The third-order valence-electron chi connectivity index (χ3n) is 2.73. The minimum absolute atomic E-state index is 0.0653. The van der Waals surface area contributed by atoms with Crippen LogP contribution in [0.5, 0.6) is 0 Å². The van der Waals surface area contributed by atoms with Gasteiger partial charge in [-0.1, -0.05) is 15.9 Å². The first-order chi connectivity index (χ1) is 9.85. The number of nitrogens with one attached hydrogen (secondary N) is 1. The van der Waals surface area contributed by atoms with Gasteiger partial charge in [0.05, 0.1) is 12.7 Å². The Morgan fingerprint density at radius 3 is 2.62 bits per heavy atom. The molecule has 0 unspecified atom stereocenters. The van der Waals surface area contributed by atoms with Crippen LogP contribution in [0.4, 0.5) is 5.69 Å². The van der Waals surface area contributed by atoms with E-state index in [0.29, 0.717) is 4.47 Å². The molecule has 1 aromatic rings. The lowest BCUT2D eigenvalue weighted by Gasteiger charge is -2.15. The van der Waals surface area contributed by atoms with Crippen LogP contribution in [0.1, 0.15) is 23.2 Å². The number of rotatable bonds is 6. The first kappa shape index (κ1) is 17.0. The molecule has 0 aliphatic heterocycles. The molecule has 0 radical (unpaired) electrons. The van der Waals surface area contributed by atoms with Crippen LogP contribution in [0.25, 0.3) is 0 Å². The van der Waals surface area contributed by atoms with Crippen molar-refractivity contribution >= 4 is 39.5 Å². The number of carbonyl (C=O) groups is 3. The summed E-state index contributed by atoms with van der Waals surface area (Å²) in [5, 5.41) is 11.4. The van der Waals surface area contributed by atoms with Crippen LogP contribution in [0.15, 0.2) is 22.7 Å². The highest BCUT2D eigenvalue weighted by molar-refractivity contribution is 9.10. The minimum atomic E-state index is -1.23.